The van der Waals surface area contributed by atoms with Gasteiger partial charge in [0.2, 0.25) is 5.91 Å². The Kier molecular flexibility index (Phi) is 55.4. The lowest BCUT2D eigenvalue weighted by Crippen LogP contribution is -2.47. The van der Waals surface area contributed by atoms with E-state index < -0.39 is 20.0 Å². The maximum absolute atomic E-state index is 13.5. The maximum atomic E-state index is 13.5. The highest BCUT2D eigenvalue weighted by atomic mass is 31.2. The van der Waals surface area contributed by atoms with Gasteiger partial charge in [0.25, 0.3) is 0 Å². The summed E-state index contributed by atoms with van der Waals surface area (Å²) >= 11 is 0. The standard InChI is InChI=1S/C68H123N2O7P/c1-7-10-13-16-19-22-25-27-29-31-32-33-34-35-36-37-38-39-41-43-46-49-52-55-58-61-68(72)77-66(59-56-53-50-47-44-24-21-18-15-12-9-3)65(64-76-78(73,74)75-63-62-70(4,5)6)69-67(71)60-57-54-51-48-45-42-40-30-28-26-23-20-17-14-11-8-2/h11,14,19-20,22-23,27-30,32-33,56,59,65-66H,7-10,12-13,15-18,21,24-26,31,34-55,57-58,60-64H2,1-6H3,(H-,69,71,73,74)/p+1/b14-11+,22-19-,23-20+,29-27-,30-28+,33-32-,59-56-. The van der Waals surface area contributed by atoms with Crippen molar-refractivity contribution in [3.63, 3.8) is 0 Å². The molecule has 0 saturated carbocycles. The lowest BCUT2D eigenvalue weighted by atomic mass is 10.0. The van der Waals surface area contributed by atoms with E-state index in [1.54, 1.807) is 0 Å². The summed E-state index contributed by atoms with van der Waals surface area (Å²) in [5.74, 6) is -0.521. The summed E-state index contributed by atoms with van der Waals surface area (Å²) in [4.78, 5) is 37.7. The Hall–Kier alpha value is -2.81. The number of ether oxygens (including phenoxy) is 1. The predicted molar refractivity (Wildman–Crippen MR) is 337 cm³/mol. The lowest BCUT2D eigenvalue weighted by Gasteiger charge is -2.27. The number of phosphoric ester groups is 1. The van der Waals surface area contributed by atoms with E-state index in [2.05, 4.69) is 99.0 Å². The molecule has 0 rings (SSSR count). The second-order valence-corrected chi connectivity index (χ2v) is 24.4. The molecule has 0 aliphatic carbocycles. The summed E-state index contributed by atoms with van der Waals surface area (Å²) in [6, 6.07) is -0.859. The van der Waals surface area contributed by atoms with Crippen molar-refractivity contribution < 1.29 is 37.3 Å². The van der Waals surface area contributed by atoms with E-state index >= 15 is 0 Å². The molecule has 0 aromatic carbocycles. The Morgan fingerprint density at radius 1 is 0.462 bits per heavy atom. The summed E-state index contributed by atoms with van der Waals surface area (Å²) in [6.07, 6.45) is 75.9. The number of quaternary nitrogens is 1. The maximum Gasteiger partial charge on any atom is 0.472 e. The van der Waals surface area contributed by atoms with Crippen molar-refractivity contribution in [1.29, 1.82) is 0 Å². The number of carbonyl (C=O) groups excluding carboxylic acids is 2. The molecule has 1 amide bonds. The number of likely N-dealkylation sites (N-methyl/N-ethyl adjacent to an activating group) is 1. The van der Waals surface area contributed by atoms with Crippen molar-refractivity contribution >= 4 is 19.7 Å². The number of unbranched alkanes of at least 4 members (excludes halogenated alkanes) is 30. The van der Waals surface area contributed by atoms with Crippen LogP contribution < -0.4 is 5.32 Å². The first kappa shape index (κ1) is 75.2. The number of nitrogens with zero attached hydrogens (tertiary/aromatic N) is 1. The van der Waals surface area contributed by atoms with Gasteiger partial charge in [0.05, 0.1) is 33.8 Å². The zero-order chi connectivity index (χ0) is 57.2. The SMILES string of the molecule is CC/C=C/C/C=C/C/C=C/CCCCCCCCC(=O)NC(COP(=O)(O)OCC[N+](C)(C)C)C(/C=C\CCCCCCCCCCC)OC(=O)CCCCCCCCCCCCCC/C=C\C/C=C\C/C=C\CCCCC. The lowest BCUT2D eigenvalue weighted by molar-refractivity contribution is -0.870. The number of rotatable bonds is 58. The van der Waals surface area contributed by atoms with Gasteiger partial charge in [-0.05, 0) is 102 Å². The van der Waals surface area contributed by atoms with Crippen LogP contribution in [0.3, 0.4) is 0 Å². The molecule has 3 unspecified atom stereocenters. The topological polar surface area (TPSA) is 111 Å². The molecule has 0 heterocycles. The minimum Gasteiger partial charge on any atom is -0.456 e. The molecule has 0 bridgehead atoms. The summed E-state index contributed by atoms with van der Waals surface area (Å²) in [7, 11) is 1.48. The molecular formula is C68H124N2O7P+. The van der Waals surface area contributed by atoms with Crippen LogP contribution in [0.4, 0.5) is 0 Å². The first-order chi connectivity index (χ1) is 37.9. The molecule has 0 saturated heterocycles. The van der Waals surface area contributed by atoms with Crippen molar-refractivity contribution in [2.75, 3.05) is 40.9 Å². The van der Waals surface area contributed by atoms with Crippen molar-refractivity contribution in [3.05, 3.63) is 85.1 Å². The van der Waals surface area contributed by atoms with Gasteiger partial charge in [-0.25, -0.2) is 4.57 Å². The number of phosphoric acid groups is 1. The molecule has 452 valence electrons. The highest BCUT2D eigenvalue weighted by Gasteiger charge is 2.30. The van der Waals surface area contributed by atoms with Crippen molar-refractivity contribution in [2.45, 2.75) is 296 Å². The highest BCUT2D eigenvalue weighted by Crippen LogP contribution is 2.43. The van der Waals surface area contributed by atoms with Crippen LogP contribution in [0.25, 0.3) is 0 Å². The molecule has 2 N–H and O–H groups in total. The van der Waals surface area contributed by atoms with Gasteiger partial charge in [0, 0.05) is 12.8 Å². The van der Waals surface area contributed by atoms with E-state index in [0.29, 0.717) is 17.4 Å². The minimum absolute atomic E-state index is 0.0343. The number of nitrogens with one attached hydrogen (secondary N) is 1. The normalized spacial score (nSPS) is 14.2. The third-order valence-electron chi connectivity index (χ3n) is 14.1. The molecule has 3 atom stereocenters. The molecule has 0 aliphatic rings. The zero-order valence-corrected chi connectivity index (χ0v) is 52.5. The Bertz CT molecular complexity index is 1610. The van der Waals surface area contributed by atoms with Crippen LogP contribution in [-0.4, -0.2) is 74.3 Å². The smallest absolute Gasteiger partial charge is 0.456 e. The first-order valence-corrected chi connectivity index (χ1v) is 33.9. The Morgan fingerprint density at radius 2 is 0.821 bits per heavy atom. The van der Waals surface area contributed by atoms with Gasteiger partial charge >= 0.3 is 13.8 Å². The monoisotopic (exact) mass is 1110 g/mol. The zero-order valence-electron chi connectivity index (χ0n) is 51.6. The van der Waals surface area contributed by atoms with E-state index in [1.165, 1.54) is 148 Å². The van der Waals surface area contributed by atoms with E-state index in [9.17, 15) is 19.0 Å². The third-order valence-corrected chi connectivity index (χ3v) is 15.1. The number of hydrogen-bond acceptors (Lipinski definition) is 6. The number of amides is 1. The third kappa shape index (κ3) is 57.9. The summed E-state index contributed by atoms with van der Waals surface area (Å²) in [5.41, 5.74) is 0. The average Bonchev–Trinajstić information content (AvgIpc) is 3.40. The molecule has 0 aliphatic heterocycles. The van der Waals surface area contributed by atoms with Crippen LogP contribution in [-0.2, 0) is 27.9 Å². The van der Waals surface area contributed by atoms with Crippen LogP contribution in [0.5, 0.6) is 0 Å². The largest absolute Gasteiger partial charge is 0.472 e. The van der Waals surface area contributed by atoms with Gasteiger partial charge in [0.15, 0.2) is 0 Å². The predicted octanol–water partition coefficient (Wildman–Crippen LogP) is 20.2. The summed E-state index contributed by atoms with van der Waals surface area (Å²) in [6.45, 7) is 6.87. The van der Waals surface area contributed by atoms with Crippen LogP contribution in [0.15, 0.2) is 85.1 Å². The second kappa shape index (κ2) is 57.4. The van der Waals surface area contributed by atoms with Gasteiger partial charge in [-0.15, -0.1) is 0 Å². The molecule has 10 heteroatoms. The summed E-state index contributed by atoms with van der Waals surface area (Å²) in [5, 5.41) is 3.05. The van der Waals surface area contributed by atoms with Gasteiger partial charge in [-0.3, -0.25) is 18.6 Å². The van der Waals surface area contributed by atoms with Crippen molar-refractivity contribution in [3.8, 4) is 0 Å². The van der Waals surface area contributed by atoms with Crippen molar-refractivity contribution in [1.82, 2.24) is 5.32 Å². The van der Waals surface area contributed by atoms with Gasteiger partial charge in [-0.2, -0.15) is 0 Å². The molecule has 0 aromatic heterocycles. The molecule has 78 heavy (non-hydrogen) atoms. The van der Waals surface area contributed by atoms with Gasteiger partial charge in [0.1, 0.15) is 19.3 Å². The number of allylic oxidation sites excluding steroid dienone is 13. The number of esters is 1. The molecule has 9 nitrogen and oxygen atoms in total. The number of hydrogen-bond donors (Lipinski definition) is 2. The van der Waals surface area contributed by atoms with Crippen LogP contribution >= 0.6 is 7.82 Å². The fourth-order valence-corrected chi connectivity index (χ4v) is 9.82. The van der Waals surface area contributed by atoms with Crippen LogP contribution in [0, 0.1) is 0 Å². The van der Waals surface area contributed by atoms with E-state index in [-0.39, 0.29) is 31.5 Å². The molecular weight excluding hydrogens is 988 g/mol. The van der Waals surface area contributed by atoms with Gasteiger partial charge < -0.3 is 19.4 Å². The Balaban J connectivity index is 5.10. The summed E-state index contributed by atoms with van der Waals surface area (Å²) < 4.78 is 30.7. The second-order valence-electron chi connectivity index (χ2n) is 22.9. The molecule has 0 spiro atoms. The average molecular weight is 1110 g/mol. The fraction of sp³-hybridized carbons (Fsp3) is 0.765. The van der Waals surface area contributed by atoms with Crippen molar-refractivity contribution in [2.24, 2.45) is 0 Å². The van der Waals surface area contributed by atoms with Gasteiger partial charge in [-0.1, -0.05) is 254 Å². The van der Waals surface area contributed by atoms with E-state index in [1.807, 2.05) is 33.3 Å². The molecule has 0 radical (unpaired) electrons. The first-order valence-electron chi connectivity index (χ1n) is 32.4. The molecule has 0 fully saturated rings. The highest BCUT2D eigenvalue weighted by molar-refractivity contribution is 7.47. The van der Waals surface area contributed by atoms with Crippen LogP contribution in [0.1, 0.15) is 284 Å². The van der Waals surface area contributed by atoms with E-state index in [4.69, 9.17) is 13.8 Å². The number of carbonyl (C=O) groups is 2. The quantitative estimate of drug-likeness (QED) is 0.0205. The molecule has 0 aromatic rings. The minimum atomic E-state index is -4.46. The van der Waals surface area contributed by atoms with Crippen LogP contribution in [0.2, 0.25) is 0 Å². The Morgan fingerprint density at radius 3 is 1.26 bits per heavy atom. The Labute approximate surface area is 482 Å². The fourth-order valence-electron chi connectivity index (χ4n) is 9.08. The van der Waals surface area contributed by atoms with E-state index in [0.717, 1.165) is 103 Å².